The molecular weight excluding hydrogens is 273 g/mol. The Morgan fingerprint density at radius 1 is 1.30 bits per heavy atom. The van der Waals surface area contributed by atoms with Crippen molar-refractivity contribution in [1.29, 1.82) is 0 Å². The minimum Gasteiger partial charge on any atom is -0.310 e. The van der Waals surface area contributed by atoms with Crippen LogP contribution < -0.4 is 5.32 Å². The lowest BCUT2D eigenvalue weighted by molar-refractivity contribution is 0.571. The van der Waals surface area contributed by atoms with Crippen LogP contribution in [0.15, 0.2) is 40.6 Å². The molecule has 0 aliphatic carbocycles. The van der Waals surface area contributed by atoms with E-state index in [9.17, 15) is 4.39 Å². The van der Waals surface area contributed by atoms with Crippen molar-refractivity contribution in [3.8, 4) is 0 Å². The molecule has 1 aromatic heterocycles. The van der Waals surface area contributed by atoms with Crippen LogP contribution in [-0.2, 0) is 0 Å². The van der Waals surface area contributed by atoms with Gasteiger partial charge in [-0.15, -0.1) is 0 Å². The first-order chi connectivity index (χ1) is 9.61. The molecule has 2 aromatic rings. The molecule has 3 nitrogen and oxygen atoms in total. The van der Waals surface area contributed by atoms with Crippen molar-refractivity contribution in [3.63, 3.8) is 0 Å². The van der Waals surface area contributed by atoms with Crippen molar-refractivity contribution in [2.24, 2.45) is 0 Å². The van der Waals surface area contributed by atoms with E-state index in [4.69, 9.17) is 0 Å². The van der Waals surface area contributed by atoms with Crippen molar-refractivity contribution in [2.75, 3.05) is 6.54 Å². The highest BCUT2D eigenvalue weighted by atomic mass is 32.2. The van der Waals surface area contributed by atoms with Crippen LogP contribution in [0.3, 0.4) is 0 Å². The third-order valence-corrected chi connectivity index (χ3v) is 3.98. The molecular formula is C15H18FN3S. The van der Waals surface area contributed by atoms with Crippen molar-refractivity contribution < 1.29 is 4.39 Å². The predicted molar refractivity (Wildman–Crippen MR) is 79.4 cm³/mol. The van der Waals surface area contributed by atoms with Crippen LogP contribution in [0.25, 0.3) is 0 Å². The van der Waals surface area contributed by atoms with E-state index >= 15 is 0 Å². The Labute approximate surface area is 123 Å². The normalized spacial score (nSPS) is 12.4. The van der Waals surface area contributed by atoms with Crippen LogP contribution in [0.2, 0.25) is 0 Å². The number of hydrogen-bond donors (Lipinski definition) is 1. The summed E-state index contributed by atoms with van der Waals surface area (Å²) in [6, 6.07) is 5.33. The molecule has 0 aliphatic heterocycles. The zero-order valence-corrected chi connectivity index (χ0v) is 12.7. The zero-order chi connectivity index (χ0) is 14.5. The summed E-state index contributed by atoms with van der Waals surface area (Å²) in [5, 5.41) is 3.98. The van der Waals surface area contributed by atoms with Crippen LogP contribution in [0.5, 0.6) is 0 Å². The Bertz CT molecular complexity index is 575. The highest BCUT2D eigenvalue weighted by Crippen LogP contribution is 2.33. The fraction of sp³-hybridized carbons (Fsp3) is 0.333. The number of halogens is 1. The van der Waals surface area contributed by atoms with E-state index in [0.29, 0.717) is 10.7 Å². The minimum atomic E-state index is -0.178. The Balaban J connectivity index is 2.37. The van der Waals surface area contributed by atoms with E-state index in [-0.39, 0.29) is 11.9 Å². The quantitative estimate of drug-likeness (QED) is 0.852. The van der Waals surface area contributed by atoms with E-state index < -0.39 is 0 Å². The van der Waals surface area contributed by atoms with Gasteiger partial charge in [0.25, 0.3) is 0 Å². The lowest BCUT2D eigenvalue weighted by atomic mass is 10.1. The molecule has 5 heteroatoms. The number of nitrogens with one attached hydrogen (secondary N) is 1. The molecule has 2 rings (SSSR count). The molecule has 1 heterocycles. The van der Waals surface area contributed by atoms with Crippen LogP contribution in [-0.4, -0.2) is 16.5 Å². The molecule has 1 unspecified atom stereocenters. The average Bonchev–Trinajstić information content (AvgIpc) is 2.44. The highest BCUT2D eigenvalue weighted by Gasteiger charge is 2.14. The molecule has 20 heavy (non-hydrogen) atoms. The summed E-state index contributed by atoms with van der Waals surface area (Å²) in [4.78, 5) is 9.41. The third-order valence-electron chi connectivity index (χ3n) is 3.01. The van der Waals surface area contributed by atoms with Gasteiger partial charge < -0.3 is 5.32 Å². The van der Waals surface area contributed by atoms with Crippen LogP contribution >= 0.6 is 11.8 Å². The van der Waals surface area contributed by atoms with Gasteiger partial charge in [0.05, 0.1) is 0 Å². The number of benzene rings is 1. The maximum Gasteiger partial charge on any atom is 0.192 e. The smallest absolute Gasteiger partial charge is 0.192 e. The second-order valence-electron chi connectivity index (χ2n) is 4.55. The summed E-state index contributed by atoms with van der Waals surface area (Å²) >= 11 is 1.46. The van der Waals surface area contributed by atoms with E-state index in [1.807, 2.05) is 19.9 Å². The maximum atomic E-state index is 13.8. The molecule has 0 amide bonds. The number of nitrogens with zero attached hydrogens (tertiary/aromatic N) is 2. The largest absolute Gasteiger partial charge is 0.310 e. The second kappa shape index (κ2) is 6.81. The fourth-order valence-corrected chi connectivity index (χ4v) is 2.96. The Hall–Kier alpha value is -1.46. The van der Waals surface area contributed by atoms with Gasteiger partial charge in [-0.25, -0.2) is 14.4 Å². The Morgan fingerprint density at radius 3 is 2.65 bits per heavy atom. The van der Waals surface area contributed by atoms with Gasteiger partial charge in [-0.2, -0.15) is 0 Å². The summed E-state index contributed by atoms with van der Waals surface area (Å²) in [7, 11) is 0. The molecule has 0 spiro atoms. The van der Waals surface area contributed by atoms with Gasteiger partial charge >= 0.3 is 0 Å². The molecule has 1 aromatic carbocycles. The lowest BCUT2D eigenvalue weighted by Gasteiger charge is -2.17. The molecule has 0 bridgehead atoms. The molecule has 1 N–H and O–H groups in total. The van der Waals surface area contributed by atoms with Crippen LogP contribution in [0, 0.1) is 12.7 Å². The van der Waals surface area contributed by atoms with E-state index in [2.05, 4.69) is 15.3 Å². The Morgan fingerprint density at radius 2 is 2.00 bits per heavy atom. The van der Waals surface area contributed by atoms with Gasteiger partial charge in [0.2, 0.25) is 0 Å². The second-order valence-corrected chi connectivity index (χ2v) is 5.56. The summed E-state index contributed by atoms with van der Waals surface area (Å²) in [5.74, 6) is -0.178. The van der Waals surface area contributed by atoms with Crippen molar-refractivity contribution in [3.05, 3.63) is 47.5 Å². The zero-order valence-electron chi connectivity index (χ0n) is 11.9. The standard InChI is InChI=1S/C15H18FN3S/c1-4-17-11(3)12-9-13(16)10(2)8-14(12)20-15-18-6-5-7-19-15/h5-9,11,17H,4H2,1-3H3. The molecule has 1 atom stereocenters. The minimum absolute atomic E-state index is 0.0845. The first-order valence-corrected chi connectivity index (χ1v) is 7.41. The van der Waals surface area contributed by atoms with E-state index in [1.165, 1.54) is 11.8 Å². The number of aryl methyl sites for hydroxylation is 1. The topological polar surface area (TPSA) is 37.8 Å². The lowest BCUT2D eigenvalue weighted by Crippen LogP contribution is -2.18. The van der Waals surface area contributed by atoms with Crippen molar-refractivity contribution in [1.82, 2.24) is 15.3 Å². The van der Waals surface area contributed by atoms with E-state index in [0.717, 1.165) is 17.0 Å². The monoisotopic (exact) mass is 291 g/mol. The van der Waals surface area contributed by atoms with Gasteiger partial charge in [-0.05, 0) is 61.5 Å². The van der Waals surface area contributed by atoms with Gasteiger partial charge in [0.15, 0.2) is 5.16 Å². The first-order valence-electron chi connectivity index (χ1n) is 6.60. The Kier molecular flexibility index (Phi) is 5.09. The SMILES string of the molecule is CCNC(C)c1cc(F)c(C)cc1Sc1ncccn1. The van der Waals surface area contributed by atoms with Crippen LogP contribution in [0.4, 0.5) is 4.39 Å². The summed E-state index contributed by atoms with van der Waals surface area (Å²) in [6.07, 6.45) is 3.41. The van der Waals surface area contributed by atoms with Crippen molar-refractivity contribution in [2.45, 2.75) is 36.9 Å². The van der Waals surface area contributed by atoms with Gasteiger partial charge in [-0.3, -0.25) is 0 Å². The van der Waals surface area contributed by atoms with Gasteiger partial charge in [-0.1, -0.05) is 6.92 Å². The molecule has 0 fully saturated rings. The predicted octanol–water partition coefficient (Wildman–Crippen LogP) is 3.75. The fourth-order valence-electron chi connectivity index (χ4n) is 1.95. The third kappa shape index (κ3) is 3.55. The first kappa shape index (κ1) is 14.9. The van der Waals surface area contributed by atoms with Gasteiger partial charge in [0, 0.05) is 23.3 Å². The molecule has 0 aliphatic rings. The van der Waals surface area contributed by atoms with E-state index in [1.54, 1.807) is 31.5 Å². The molecule has 106 valence electrons. The molecule has 0 radical (unpaired) electrons. The van der Waals surface area contributed by atoms with Gasteiger partial charge in [0.1, 0.15) is 5.82 Å². The van der Waals surface area contributed by atoms with Crippen LogP contribution in [0.1, 0.15) is 31.0 Å². The number of aromatic nitrogens is 2. The summed E-state index contributed by atoms with van der Waals surface area (Å²) in [5.41, 5.74) is 1.57. The number of rotatable bonds is 5. The summed E-state index contributed by atoms with van der Waals surface area (Å²) < 4.78 is 13.8. The number of hydrogen-bond acceptors (Lipinski definition) is 4. The van der Waals surface area contributed by atoms with Crippen molar-refractivity contribution >= 4 is 11.8 Å². The highest BCUT2D eigenvalue weighted by molar-refractivity contribution is 7.99. The maximum absolute atomic E-state index is 13.8. The molecule has 0 saturated heterocycles. The molecule has 0 saturated carbocycles. The summed E-state index contributed by atoms with van der Waals surface area (Å²) in [6.45, 7) is 6.67. The average molecular weight is 291 g/mol.